The fourth-order valence-corrected chi connectivity index (χ4v) is 4.53. The molecule has 0 fully saturated rings. The molecule has 0 radical (unpaired) electrons. The average Bonchev–Trinajstić information content (AvgIpc) is 3.20. The van der Waals surface area contributed by atoms with E-state index in [-0.39, 0.29) is 5.91 Å². The normalized spacial score (nSPS) is 11.0. The monoisotopic (exact) mass is 444 g/mol. The molecular formula is C27H28N2O2S. The van der Waals surface area contributed by atoms with Gasteiger partial charge in [0.2, 0.25) is 0 Å². The minimum atomic E-state index is -0.0812. The molecule has 164 valence electrons. The Hall–Kier alpha value is -3.18. The van der Waals surface area contributed by atoms with Gasteiger partial charge in [-0.2, -0.15) is 0 Å². The highest BCUT2D eigenvalue weighted by molar-refractivity contribution is 7.22. The summed E-state index contributed by atoms with van der Waals surface area (Å²) in [7, 11) is 0. The van der Waals surface area contributed by atoms with Crippen LogP contribution in [0.15, 0.2) is 66.7 Å². The van der Waals surface area contributed by atoms with Gasteiger partial charge in [-0.1, -0.05) is 61.1 Å². The van der Waals surface area contributed by atoms with Crippen molar-refractivity contribution in [1.82, 2.24) is 4.98 Å². The molecule has 0 atom stereocenters. The van der Waals surface area contributed by atoms with Crippen LogP contribution in [0, 0.1) is 13.8 Å². The molecule has 0 saturated carbocycles. The number of thiazole rings is 1. The Morgan fingerprint density at radius 1 is 1.00 bits per heavy atom. The summed E-state index contributed by atoms with van der Waals surface area (Å²) in [5, 5.41) is 0.705. The summed E-state index contributed by atoms with van der Waals surface area (Å²) in [6, 6.07) is 21.7. The number of hydrogen-bond donors (Lipinski definition) is 0. The molecule has 4 nitrogen and oxygen atoms in total. The minimum absolute atomic E-state index is 0.0812. The zero-order valence-electron chi connectivity index (χ0n) is 18.8. The second-order valence-electron chi connectivity index (χ2n) is 8.01. The van der Waals surface area contributed by atoms with Crippen LogP contribution in [0.25, 0.3) is 10.2 Å². The third kappa shape index (κ3) is 5.00. The van der Waals surface area contributed by atoms with Crippen molar-refractivity contribution in [2.75, 3.05) is 11.5 Å². The number of anilines is 1. The maximum absolute atomic E-state index is 13.7. The lowest BCUT2D eigenvalue weighted by atomic mass is 10.1. The van der Waals surface area contributed by atoms with Crippen molar-refractivity contribution in [1.29, 1.82) is 0 Å². The van der Waals surface area contributed by atoms with Crippen LogP contribution in [0.4, 0.5) is 5.13 Å². The highest BCUT2D eigenvalue weighted by atomic mass is 32.1. The summed E-state index contributed by atoms with van der Waals surface area (Å²) < 4.78 is 6.92. The summed E-state index contributed by atoms with van der Waals surface area (Å²) in [5.41, 5.74) is 5.01. The van der Waals surface area contributed by atoms with E-state index in [9.17, 15) is 4.79 Å². The first-order valence-corrected chi connectivity index (χ1v) is 11.8. The number of rotatable bonds is 8. The number of amides is 1. The molecule has 0 saturated heterocycles. The number of aromatic nitrogens is 1. The van der Waals surface area contributed by atoms with Crippen molar-refractivity contribution in [3.8, 4) is 5.75 Å². The lowest BCUT2D eigenvalue weighted by molar-refractivity contribution is 0.0984. The van der Waals surface area contributed by atoms with E-state index in [0.717, 1.165) is 34.4 Å². The number of fused-ring (bicyclic) bond motifs is 1. The summed E-state index contributed by atoms with van der Waals surface area (Å²) >= 11 is 1.55. The Bertz CT molecular complexity index is 1180. The molecule has 0 aliphatic rings. The highest BCUT2D eigenvalue weighted by Gasteiger charge is 2.22. The van der Waals surface area contributed by atoms with E-state index < -0.39 is 0 Å². The van der Waals surface area contributed by atoms with E-state index in [1.807, 2.05) is 54.6 Å². The van der Waals surface area contributed by atoms with Gasteiger partial charge in [-0.05, 0) is 67.3 Å². The van der Waals surface area contributed by atoms with Gasteiger partial charge in [0.05, 0.1) is 23.4 Å². The van der Waals surface area contributed by atoms with E-state index >= 15 is 0 Å². The number of unbranched alkanes of at least 4 members (excludes halogenated alkanes) is 1. The first kappa shape index (κ1) is 22.0. The molecule has 4 rings (SSSR count). The molecule has 5 heteroatoms. The van der Waals surface area contributed by atoms with Crippen molar-refractivity contribution in [2.24, 2.45) is 0 Å². The van der Waals surface area contributed by atoms with E-state index in [0.29, 0.717) is 23.8 Å². The van der Waals surface area contributed by atoms with Gasteiger partial charge in [-0.25, -0.2) is 4.98 Å². The summed E-state index contributed by atoms with van der Waals surface area (Å²) in [6.07, 6.45) is 2.06. The number of carbonyl (C=O) groups is 1. The van der Waals surface area contributed by atoms with Gasteiger partial charge in [-0.3, -0.25) is 9.69 Å². The second-order valence-corrected chi connectivity index (χ2v) is 9.02. The first-order valence-electron chi connectivity index (χ1n) is 11.0. The number of aryl methyl sites for hydroxylation is 2. The Labute approximate surface area is 193 Å². The Balaban J connectivity index is 1.70. The second kappa shape index (κ2) is 9.96. The van der Waals surface area contributed by atoms with Gasteiger partial charge in [-0.15, -0.1) is 0 Å². The number of ether oxygens (including phenoxy) is 1. The molecule has 0 aliphatic heterocycles. The molecule has 1 aromatic heterocycles. The van der Waals surface area contributed by atoms with Crippen LogP contribution in [0.3, 0.4) is 0 Å². The molecule has 1 heterocycles. The summed E-state index contributed by atoms with van der Waals surface area (Å²) in [5.74, 6) is 0.641. The molecule has 0 bridgehead atoms. The predicted molar refractivity (Wildman–Crippen MR) is 133 cm³/mol. The van der Waals surface area contributed by atoms with Crippen molar-refractivity contribution >= 4 is 32.6 Å². The molecule has 32 heavy (non-hydrogen) atoms. The molecule has 0 spiro atoms. The van der Waals surface area contributed by atoms with Gasteiger partial charge in [0.15, 0.2) is 5.13 Å². The molecule has 0 unspecified atom stereocenters. The molecule has 0 N–H and O–H groups in total. The average molecular weight is 445 g/mol. The number of benzene rings is 3. The Morgan fingerprint density at radius 2 is 1.78 bits per heavy atom. The zero-order chi connectivity index (χ0) is 22.5. The summed E-state index contributed by atoms with van der Waals surface area (Å²) in [6.45, 7) is 7.43. The van der Waals surface area contributed by atoms with Crippen LogP contribution in [-0.2, 0) is 6.54 Å². The van der Waals surface area contributed by atoms with Crippen LogP contribution in [0.1, 0.15) is 46.8 Å². The quantitative estimate of drug-likeness (QED) is 0.276. The van der Waals surface area contributed by atoms with Gasteiger partial charge >= 0.3 is 0 Å². The molecule has 0 aliphatic carbocycles. The van der Waals surface area contributed by atoms with E-state index in [1.54, 1.807) is 16.2 Å². The molecule has 3 aromatic carbocycles. The van der Waals surface area contributed by atoms with Gasteiger partial charge < -0.3 is 4.74 Å². The zero-order valence-corrected chi connectivity index (χ0v) is 19.6. The fraction of sp³-hybridized carbons (Fsp3) is 0.259. The number of nitrogens with zero attached hydrogens (tertiary/aromatic N) is 2. The first-order chi connectivity index (χ1) is 15.5. The van der Waals surface area contributed by atoms with Crippen molar-refractivity contribution in [3.05, 3.63) is 89.0 Å². The van der Waals surface area contributed by atoms with Crippen LogP contribution in [-0.4, -0.2) is 17.5 Å². The van der Waals surface area contributed by atoms with E-state index in [1.165, 1.54) is 11.1 Å². The van der Waals surface area contributed by atoms with Crippen LogP contribution < -0.4 is 9.64 Å². The lowest BCUT2D eigenvalue weighted by Crippen LogP contribution is -2.30. The topological polar surface area (TPSA) is 42.4 Å². The largest absolute Gasteiger partial charge is 0.494 e. The smallest absolute Gasteiger partial charge is 0.260 e. The predicted octanol–water partition coefficient (Wildman–Crippen LogP) is 6.94. The van der Waals surface area contributed by atoms with Gasteiger partial charge in [0.25, 0.3) is 5.91 Å². The maximum atomic E-state index is 13.7. The molecular weight excluding hydrogens is 416 g/mol. The van der Waals surface area contributed by atoms with Crippen molar-refractivity contribution in [3.63, 3.8) is 0 Å². The fourth-order valence-electron chi connectivity index (χ4n) is 3.48. The van der Waals surface area contributed by atoms with Crippen molar-refractivity contribution in [2.45, 2.75) is 40.2 Å². The van der Waals surface area contributed by atoms with Crippen LogP contribution >= 0.6 is 11.3 Å². The van der Waals surface area contributed by atoms with Crippen LogP contribution in [0.2, 0.25) is 0 Å². The van der Waals surface area contributed by atoms with Gasteiger partial charge in [0.1, 0.15) is 5.75 Å². The number of hydrogen-bond acceptors (Lipinski definition) is 4. The standard InChI is InChI=1S/C27H28N2O2S/c1-4-5-14-31-23-13-9-12-22(17-23)26(30)29(18-21-10-7-6-8-11-21)27-28-24-15-19(2)20(3)16-25(24)32-27/h6-13,15-17H,4-5,14,18H2,1-3H3. The minimum Gasteiger partial charge on any atom is -0.494 e. The SMILES string of the molecule is CCCCOc1cccc(C(=O)N(Cc2ccccc2)c2nc3cc(C)c(C)cc3s2)c1. The Kier molecular flexibility index (Phi) is 6.86. The summed E-state index contributed by atoms with van der Waals surface area (Å²) in [4.78, 5) is 20.3. The third-order valence-electron chi connectivity index (χ3n) is 5.50. The number of carbonyl (C=O) groups excluding carboxylic acids is 1. The van der Waals surface area contributed by atoms with Gasteiger partial charge in [0, 0.05) is 5.56 Å². The Morgan fingerprint density at radius 3 is 2.56 bits per heavy atom. The van der Waals surface area contributed by atoms with Crippen LogP contribution in [0.5, 0.6) is 5.75 Å². The molecule has 1 amide bonds. The molecule has 4 aromatic rings. The van der Waals surface area contributed by atoms with E-state index in [4.69, 9.17) is 9.72 Å². The lowest BCUT2D eigenvalue weighted by Gasteiger charge is -2.20. The van der Waals surface area contributed by atoms with Crippen molar-refractivity contribution < 1.29 is 9.53 Å². The van der Waals surface area contributed by atoms with E-state index in [2.05, 4.69) is 32.9 Å². The maximum Gasteiger partial charge on any atom is 0.260 e. The highest BCUT2D eigenvalue weighted by Crippen LogP contribution is 2.32. The third-order valence-corrected chi connectivity index (χ3v) is 6.54.